The molecule has 0 aliphatic carbocycles. The normalized spacial score (nSPS) is 15.0. The third-order valence-electron chi connectivity index (χ3n) is 3.65. The van der Waals surface area contributed by atoms with Gasteiger partial charge in [0.15, 0.2) is 5.75 Å². The summed E-state index contributed by atoms with van der Waals surface area (Å²) in [6, 6.07) is 10.8. The monoisotopic (exact) mass is 286 g/mol. The Balaban J connectivity index is 2.19. The minimum absolute atomic E-state index is 0.144. The second kappa shape index (κ2) is 5.93. The maximum Gasteiger partial charge on any atom is 0.256 e. The number of aromatic nitrogens is 1. The summed E-state index contributed by atoms with van der Waals surface area (Å²) >= 11 is 0. The Kier molecular flexibility index (Phi) is 4.23. The third-order valence-corrected chi connectivity index (χ3v) is 3.65. The van der Waals surface area contributed by atoms with Gasteiger partial charge in [0.1, 0.15) is 5.60 Å². The van der Waals surface area contributed by atoms with E-state index in [4.69, 9.17) is 0 Å². The first-order valence-electron chi connectivity index (χ1n) is 6.64. The van der Waals surface area contributed by atoms with Gasteiger partial charge in [-0.1, -0.05) is 37.3 Å². The van der Waals surface area contributed by atoms with Crippen LogP contribution in [0.5, 0.6) is 5.75 Å². The number of hydrogen-bond donors (Lipinski definition) is 3. The van der Waals surface area contributed by atoms with Gasteiger partial charge in [0.2, 0.25) is 0 Å². The lowest BCUT2D eigenvalue weighted by molar-refractivity contribution is -0.134. The number of aliphatic hydroxyl groups is 1. The van der Waals surface area contributed by atoms with Crippen molar-refractivity contribution >= 4 is 11.6 Å². The van der Waals surface area contributed by atoms with Crippen molar-refractivity contribution in [3.8, 4) is 5.75 Å². The van der Waals surface area contributed by atoms with Crippen molar-refractivity contribution in [3.05, 3.63) is 54.4 Å². The molecule has 0 saturated carbocycles. The average Bonchev–Trinajstić information content (AvgIpc) is 2.49. The molecule has 2 aromatic rings. The molecule has 1 aromatic heterocycles. The molecule has 1 amide bonds. The molecule has 0 bridgehead atoms. The van der Waals surface area contributed by atoms with E-state index in [1.165, 1.54) is 25.4 Å². The van der Waals surface area contributed by atoms with E-state index in [-0.39, 0.29) is 11.4 Å². The second-order valence-corrected chi connectivity index (χ2v) is 5.13. The maximum atomic E-state index is 12.3. The molecular formula is C16H18N2O3. The van der Waals surface area contributed by atoms with Crippen LogP contribution >= 0.6 is 0 Å². The van der Waals surface area contributed by atoms with Crippen LogP contribution in [-0.2, 0) is 4.79 Å². The van der Waals surface area contributed by atoms with Crippen molar-refractivity contribution in [2.45, 2.75) is 25.4 Å². The van der Waals surface area contributed by atoms with E-state index in [1.54, 1.807) is 6.92 Å². The molecule has 0 fully saturated rings. The molecule has 0 radical (unpaired) electrons. The molecular weight excluding hydrogens is 268 g/mol. The summed E-state index contributed by atoms with van der Waals surface area (Å²) in [6.45, 7) is 3.24. The molecule has 5 heteroatoms. The van der Waals surface area contributed by atoms with Crippen molar-refractivity contribution in [1.82, 2.24) is 4.98 Å². The van der Waals surface area contributed by atoms with Gasteiger partial charge in [0.05, 0.1) is 11.9 Å². The standard InChI is InChI=1S/C16H18N2O3/c1-11(12-6-4-3-5-7-12)16(2,21)15(20)18-13-8-9-17-10-14(13)19/h3-11,19,21H,1-2H3,(H,17,18,20)/t11-,16-/m1/s1. The molecule has 0 aliphatic rings. The van der Waals surface area contributed by atoms with E-state index in [0.29, 0.717) is 0 Å². The number of rotatable bonds is 4. The Bertz CT molecular complexity index is 626. The molecule has 0 saturated heterocycles. The fourth-order valence-electron chi connectivity index (χ4n) is 2.00. The number of aromatic hydroxyl groups is 1. The molecule has 2 atom stereocenters. The van der Waals surface area contributed by atoms with Crippen LogP contribution in [0.4, 0.5) is 5.69 Å². The molecule has 0 unspecified atom stereocenters. The Morgan fingerprint density at radius 3 is 2.57 bits per heavy atom. The number of anilines is 1. The summed E-state index contributed by atoms with van der Waals surface area (Å²) in [7, 11) is 0. The first-order valence-corrected chi connectivity index (χ1v) is 6.64. The summed E-state index contributed by atoms with van der Waals surface area (Å²) in [5, 5.41) is 22.7. The average molecular weight is 286 g/mol. The highest BCUT2D eigenvalue weighted by molar-refractivity contribution is 5.98. The molecule has 0 aliphatic heterocycles. The van der Waals surface area contributed by atoms with Crippen LogP contribution in [0.1, 0.15) is 25.3 Å². The van der Waals surface area contributed by atoms with Gasteiger partial charge >= 0.3 is 0 Å². The van der Waals surface area contributed by atoms with Crippen molar-refractivity contribution in [1.29, 1.82) is 0 Å². The fourth-order valence-corrected chi connectivity index (χ4v) is 2.00. The Morgan fingerprint density at radius 1 is 1.29 bits per heavy atom. The Labute approximate surface area is 123 Å². The smallest absolute Gasteiger partial charge is 0.256 e. The molecule has 21 heavy (non-hydrogen) atoms. The lowest BCUT2D eigenvalue weighted by atomic mass is 9.84. The number of carbonyl (C=O) groups excluding carboxylic acids is 1. The number of amides is 1. The zero-order valence-electron chi connectivity index (χ0n) is 11.9. The quantitative estimate of drug-likeness (QED) is 0.805. The SMILES string of the molecule is C[C@H](c1ccccc1)[C@@](C)(O)C(=O)Nc1ccncc1O. The van der Waals surface area contributed by atoms with E-state index in [1.807, 2.05) is 30.3 Å². The van der Waals surface area contributed by atoms with Gasteiger partial charge in [0.25, 0.3) is 5.91 Å². The van der Waals surface area contributed by atoms with Crippen LogP contribution in [0.3, 0.4) is 0 Å². The number of carbonyl (C=O) groups is 1. The zero-order chi connectivity index (χ0) is 15.5. The van der Waals surface area contributed by atoms with Crippen molar-refractivity contribution in [2.24, 2.45) is 0 Å². The second-order valence-electron chi connectivity index (χ2n) is 5.13. The van der Waals surface area contributed by atoms with Gasteiger partial charge in [-0.2, -0.15) is 0 Å². The van der Waals surface area contributed by atoms with Crippen LogP contribution < -0.4 is 5.32 Å². The third kappa shape index (κ3) is 3.20. The molecule has 1 aromatic carbocycles. The molecule has 1 heterocycles. The molecule has 2 rings (SSSR count). The minimum atomic E-state index is -1.61. The summed E-state index contributed by atoms with van der Waals surface area (Å²) < 4.78 is 0. The summed E-state index contributed by atoms with van der Waals surface area (Å²) in [4.78, 5) is 16.0. The van der Waals surface area contributed by atoms with Crippen molar-refractivity contribution < 1.29 is 15.0 Å². The van der Waals surface area contributed by atoms with Crippen LogP contribution in [-0.4, -0.2) is 26.7 Å². The van der Waals surface area contributed by atoms with Gasteiger partial charge < -0.3 is 15.5 Å². The van der Waals surface area contributed by atoms with Gasteiger partial charge in [-0.05, 0) is 18.6 Å². The summed E-state index contributed by atoms with van der Waals surface area (Å²) in [5.41, 5.74) is -0.538. The van der Waals surface area contributed by atoms with Crippen LogP contribution in [0, 0.1) is 0 Å². The van der Waals surface area contributed by atoms with Gasteiger partial charge in [-0.3, -0.25) is 9.78 Å². The largest absolute Gasteiger partial charge is 0.504 e. The maximum absolute atomic E-state index is 12.3. The highest BCUT2D eigenvalue weighted by Crippen LogP contribution is 2.30. The lowest BCUT2D eigenvalue weighted by Crippen LogP contribution is -2.44. The molecule has 3 N–H and O–H groups in total. The Hall–Kier alpha value is -2.40. The van der Waals surface area contributed by atoms with Crippen molar-refractivity contribution in [2.75, 3.05) is 5.32 Å². The topological polar surface area (TPSA) is 82.5 Å². The highest BCUT2D eigenvalue weighted by atomic mass is 16.3. The minimum Gasteiger partial charge on any atom is -0.504 e. The van der Waals surface area contributed by atoms with Crippen molar-refractivity contribution in [3.63, 3.8) is 0 Å². The number of pyridine rings is 1. The first-order chi connectivity index (χ1) is 9.93. The van der Waals surface area contributed by atoms with E-state index in [0.717, 1.165) is 5.56 Å². The number of nitrogens with zero attached hydrogens (tertiary/aromatic N) is 1. The van der Waals surface area contributed by atoms with E-state index >= 15 is 0 Å². The van der Waals surface area contributed by atoms with Gasteiger partial charge in [-0.25, -0.2) is 0 Å². The van der Waals surface area contributed by atoms with Crippen LogP contribution in [0.25, 0.3) is 0 Å². The first kappa shape index (κ1) is 15.0. The lowest BCUT2D eigenvalue weighted by Gasteiger charge is -2.29. The highest BCUT2D eigenvalue weighted by Gasteiger charge is 2.37. The van der Waals surface area contributed by atoms with Crippen LogP contribution in [0.15, 0.2) is 48.8 Å². The van der Waals surface area contributed by atoms with E-state index in [9.17, 15) is 15.0 Å². The molecule has 110 valence electrons. The number of hydrogen-bond acceptors (Lipinski definition) is 4. The summed E-state index contributed by atoms with van der Waals surface area (Å²) in [6.07, 6.45) is 2.68. The Morgan fingerprint density at radius 2 is 1.95 bits per heavy atom. The summed E-state index contributed by atoms with van der Waals surface area (Å²) in [5.74, 6) is -1.13. The fraction of sp³-hybridized carbons (Fsp3) is 0.250. The zero-order valence-corrected chi connectivity index (χ0v) is 11.9. The van der Waals surface area contributed by atoms with Gasteiger partial charge in [0, 0.05) is 12.1 Å². The predicted octanol–water partition coefficient (Wildman–Crippen LogP) is 2.28. The van der Waals surface area contributed by atoms with Crippen LogP contribution in [0.2, 0.25) is 0 Å². The molecule has 0 spiro atoms. The predicted molar refractivity (Wildman–Crippen MR) is 80.0 cm³/mol. The van der Waals surface area contributed by atoms with E-state index in [2.05, 4.69) is 10.3 Å². The molecule has 5 nitrogen and oxygen atoms in total. The number of nitrogens with one attached hydrogen (secondary N) is 1. The number of benzene rings is 1. The van der Waals surface area contributed by atoms with Gasteiger partial charge in [-0.15, -0.1) is 0 Å². The van der Waals surface area contributed by atoms with E-state index < -0.39 is 17.4 Å².